The molecule has 0 fully saturated rings. The second-order valence-corrected chi connectivity index (χ2v) is 6.78. The molecule has 0 bridgehead atoms. The Balaban J connectivity index is 2.24. The fourth-order valence-corrected chi connectivity index (χ4v) is 2.71. The third kappa shape index (κ3) is 3.90. The molecule has 0 aliphatic heterocycles. The molecule has 21 heavy (non-hydrogen) atoms. The van der Waals surface area contributed by atoms with E-state index in [1.54, 1.807) is 24.1 Å². The Morgan fingerprint density at radius 2 is 1.90 bits per heavy atom. The molecule has 1 atom stereocenters. The molecule has 1 unspecified atom stereocenters. The molecule has 2 nitrogen and oxygen atoms in total. The first-order chi connectivity index (χ1) is 9.90. The van der Waals surface area contributed by atoms with Gasteiger partial charge < -0.3 is 4.90 Å². The number of hydrogen-bond donors (Lipinski definition) is 0. The summed E-state index contributed by atoms with van der Waals surface area (Å²) >= 11 is 14.2. The lowest BCUT2D eigenvalue weighted by Crippen LogP contribution is -2.29. The van der Waals surface area contributed by atoms with Crippen LogP contribution in [0.5, 0.6) is 0 Å². The molecule has 2 aromatic rings. The second-order valence-electron chi connectivity index (χ2n) is 4.78. The van der Waals surface area contributed by atoms with Gasteiger partial charge >= 0.3 is 0 Å². The van der Waals surface area contributed by atoms with Crippen molar-refractivity contribution in [1.82, 2.24) is 4.90 Å². The Kier molecular flexibility index (Phi) is 5.52. The number of nitrogens with zero attached hydrogens (tertiary/aromatic N) is 1. The summed E-state index contributed by atoms with van der Waals surface area (Å²) in [5, 5.41) is 1.25. The molecule has 0 radical (unpaired) electrons. The van der Waals surface area contributed by atoms with Crippen LogP contribution in [-0.2, 0) is 0 Å². The van der Waals surface area contributed by atoms with Gasteiger partial charge in [0.2, 0.25) is 0 Å². The highest BCUT2D eigenvalue weighted by molar-refractivity contribution is 14.1. The van der Waals surface area contributed by atoms with Crippen LogP contribution in [0.15, 0.2) is 42.5 Å². The van der Waals surface area contributed by atoms with Crippen LogP contribution >= 0.6 is 45.8 Å². The molecule has 5 heteroatoms. The third-order valence-electron chi connectivity index (χ3n) is 3.40. The van der Waals surface area contributed by atoms with Crippen LogP contribution in [0.1, 0.15) is 28.9 Å². The first-order valence-corrected chi connectivity index (χ1v) is 8.21. The van der Waals surface area contributed by atoms with Gasteiger partial charge in [0.25, 0.3) is 5.91 Å². The zero-order valence-electron chi connectivity index (χ0n) is 11.6. The van der Waals surface area contributed by atoms with Crippen molar-refractivity contribution in [3.63, 3.8) is 0 Å². The maximum atomic E-state index is 12.5. The molecule has 2 aromatic carbocycles. The van der Waals surface area contributed by atoms with Crippen LogP contribution in [0, 0.1) is 3.57 Å². The first kappa shape index (κ1) is 16.6. The van der Waals surface area contributed by atoms with Crippen LogP contribution in [0.3, 0.4) is 0 Å². The fourth-order valence-electron chi connectivity index (χ4n) is 2.00. The summed E-state index contributed by atoms with van der Waals surface area (Å²) in [6.45, 7) is 1.97. The number of halogens is 3. The number of benzene rings is 2. The normalized spacial score (nSPS) is 12.0. The van der Waals surface area contributed by atoms with Gasteiger partial charge in [-0.2, -0.15) is 0 Å². The summed E-state index contributed by atoms with van der Waals surface area (Å²) in [6, 6.07) is 12.8. The van der Waals surface area contributed by atoms with E-state index < -0.39 is 0 Å². The van der Waals surface area contributed by atoms with Gasteiger partial charge in [-0.3, -0.25) is 4.79 Å². The number of carbonyl (C=O) groups is 1. The number of carbonyl (C=O) groups excluding carboxylic acids is 1. The summed E-state index contributed by atoms with van der Waals surface area (Å²) in [5.41, 5.74) is 1.58. The number of amides is 1. The molecule has 0 spiro atoms. The van der Waals surface area contributed by atoms with Gasteiger partial charge in [0.05, 0.1) is 11.1 Å². The fraction of sp³-hybridized carbons (Fsp3) is 0.188. The monoisotopic (exact) mass is 433 g/mol. The molecule has 0 aliphatic rings. The Bertz CT molecular complexity index is 675. The van der Waals surface area contributed by atoms with Crippen molar-refractivity contribution in [1.29, 1.82) is 0 Å². The Hall–Kier alpha value is -0.780. The lowest BCUT2D eigenvalue weighted by Gasteiger charge is -2.25. The van der Waals surface area contributed by atoms with Crippen LogP contribution < -0.4 is 0 Å². The molecule has 0 N–H and O–H groups in total. The lowest BCUT2D eigenvalue weighted by molar-refractivity contribution is 0.0742. The lowest BCUT2D eigenvalue weighted by atomic mass is 10.1. The van der Waals surface area contributed by atoms with Crippen LogP contribution in [0.2, 0.25) is 10.0 Å². The molecule has 110 valence electrons. The maximum Gasteiger partial charge on any atom is 0.254 e. The highest BCUT2D eigenvalue weighted by Gasteiger charge is 2.19. The predicted molar refractivity (Wildman–Crippen MR) is 96.1 cm³/mol. The van der Waals surface area contributed by atoms with Gasteiger partial charge in [-0.15, -0.1) is 0 Å². The third-order valence-corrected chi connectivity index (χ3v) is 5.21. The summed E-state index contributed by atoms with van der Waals surface area (Å²) in [4.78, 5) is 14.2. The summed E-state index contributed by atoms with van der Waals surface area (Å²) < 4.78 is 0.927. The first-order valence-electron chi connectivity index (χ1n) is 6.38. The van der Waals surface area contributed by atoms with Gasteiger partial charge in [-0.05, 0) is 65.4 Å². The highest BCUT2D eigenvalue weighted by Crippen LogP contribution is 2.25. The van der Waals surface area contributed by atoms with Crippen LogP contribution in [0.25, 0.3) is 0 Å². The van der Waals surface area contributed by atoms with Crippen molar-refractivity contribution < 1.29 is 4.79 Å². The minimum absolute atomic E-state index is 0.0687. The van der Waals surface area contributed by atoms with E-state index in [-0.39, 0.29) is 11.9 Å². The quantitative estimate of drug-likeness (QED) is 0.591. The average molecular weight is 434 g/mol. The van der Waals surface area contributed by atoms with E-state index in [4.69, 9.17) is 23.2 Å². The topological polar surface area (TPSA) is 20.3 Å². The summed E-state index contributed by atoms with van der Waals surface area (Å²) in [7, 11) is 1.78. The van der Waals surface area contributed by atoms with E-state index in [1.165, 1.54) is 0 Å². The standard InChI is InChI=1S/C16H14Cl2INO/c1-10(11-4-3-5-13(17)8-11)20(2)16(21)12-6-7-15(19)14(18)9-12/h3-10H,1-2H3. The summed E-state index contributed by atoms with van der Waals surface area (Å²) in [5.74, 6) is -0.0687. The second kappa shape index (κ2) is 6.99. The molecule has 0 aliphatic carbocycles. The molecule has 0 heterocycles. The Labute approximate surface area is 148 Å². The van der Waals surface area contributed by atoms with Crippen molar-refractivity contribution in [2.75, 3.05) is 7.05 Å². The molecule has 0 saturated carbocycles. The van der Waals surface area contributed by atoms with Gasteiger partial charge in [-0.1, -0.05) is 35.3 Å². The zero-order valence-corrected chi connectivity index (χ0v) is 15.3. The number of hydrogen-bond acceptors (Lipinski definition) is 1. The van der Waals surface area contributed by atoms with Crippen molar-refractivity contribution in [2.24, 2.45) is 0 Å². The van der Waals surface area contributed by atoms with Crippen LogP contribution in [0.4, 0.5) is 0 Å². The van der Waals surface area contributed by atoms with Crippen molar-refractivity contribution >= 4 is 51.7 Å². The molecule has 0 saturated heterocycles. The molecule has 0 aromatic heterocycles. The molecular weight excluding hydrogens is 420 g/mol. The van der Waals surface area contributed by atoms with E-state index in [0.29, 0.717) is 15.6 Å². The van der Waals surface area contributed by atoms with Gasteiger partial charge in [0, 0.05) is 21.2 Å². The molecule has 2 rings (SSSR count). The largest absolute Gasteiger partial charge is 0.335 e. The van der Waals surface area contributed by atoms with Crippen LogP contribution in [-0.4, -0.2) is 17.9 Å². The smallest absolute Gasteiger partial charge is 0.254 e. The average Bonchev–Trinajstić information content (AvgIpc) is 2.47. The summed E-state index contributed by atoms with van der Waals surface area (Å²) in [6.07, 6.45) is 0. The minimum Gasteiger partial charge on any atom is -0.335 e. The van der Waals surface area contributed by atoms with E-state index in [2.05, 4.69) is 22.6 Å². The van der Waals surface area contributed by atoms with E-state index in [1.807, 2.05) is 37.3 Å². The SMILES string of the molecule is CC(c1cccc(Cl)c1)N(C)C(=O)c1ccc(I)c(Cl)c1. The zero-order chi connectivity index (χ0) is 15.6. The van der Waals surface area contributed by atoms with Gasteiger partial charge in [-0.25, -0.2) is 0 Å². The van der Waals surface area contributed by atoms with E-state index >= 15 is 0 Å². The maximum absolute atomic E-state index is 12.5. The Morgan fingerprint density at radius 3 is 2.52 bits per heavy atom. The van der Waals surface area contributed by atoms with Crippen molar-refractivity contribution in [2.45, 2.75) is 13.0 Å². The Morgan fingerprint density at radius 1 is 1.19 bits per heavy atom. The molecule has 1 amide bonds. The molecular formula is C16H14Cl2INO. The minimum atomic E-state index is -0.0748. The van der Waals surface area contributed by atoms with E-state index in [9.17, 15) is 4.79 Å². The highest BCUT2D eigenvalue weighted by atomic mass is 127. The predicted octanol–water partition coefficient (Wildman–Crippen LogP) is 5.43. The van der Waals surface area contributed by atoms with E-state index in [0.717, 1.165) is 9.13 Å². The van der Waals surface area contributed by atoms with Gasteiger partial charge in [0.15, 0.2) is 0 Å². The van der Waals surface area contributed by atoms with Crippen molar-refractivity contribution in [3.05, 3.63) is 67.2 Å². The van der Waals surface area contributed by atoms with Crippen molar-refractivity contribution in [3.8, 4) is 0 Å². The number of rotatable bonds is 3. The van der Waals surface area contributed by atoms with Gasteiger partial charge in [0.1, 0.15) is 0 Å².